The van der Waals surface area contributed by atoms with Crippen LogP contribution in [-0.4, -0.2) is 36.0 Å². The Labute approximate surface area is 191 Å². The lowest BCUT2D eigenvalue weighted by Crippen LogP contribution is -2.44. The van der Waals surface area contributed by atoms with Crippen molar-refractivity contribution >= 4 is 23.2 Å². The molecule has 1 unspecified atom stereocenters. The normalized spacial score (nSPS) is 24.0. The van der Waals surface area contributed by atoms with Crippen molar-refractivity contribution in [1.82, 2.24) is 4.90 Å². The molecule has 2 aliphatic rings. The second kappa shape index (κ2) is 10.1. The zero-order chi connectivity index (χ0) is 21.8. The van der Waals surface area contributed by atoms with Gasteiger partial charge in [-0.15, -0.1) is 0 Å². The summed E-state index contributed by atoms with van der Waals surface area (Å²) < 4.78 is 6.09. The number of fused-ring (bicyclic) bond motifs is 1. The third kappa shape index (κ3) is 4.91. The second-order valence-corrected chi connectivity index (χ2v) is 9.31. The summed E-state index contributed by atoms with van der Waals surface area (Å²) in [7, 11) is 0. The minimum atomic E-state index is -0.696. The number of unbranched alkanes of at least 4 members (excludes halogenated alkanes) is 2. The lowest BCUT2D eigenvalue weighted by Gasteiger charge is -2.39. The van der Waals surface area contributed by atoms with Gasteiger partial charge in [-0.25, -0.2) is 0 Å². The highest BCUT2D eigenvalue weighted by Gasteiger charge is 2.36. The SMILES string of the molecule is C[C@@H]1CCC[C@H](C)N1CCCCCN1C(=O)C(c2ccccc2Cl)Oc2ccccc21. The van der Waals surface area contributed by atoms with Crippen LogP contribution in [0.1, 0.15) is 64.0 Å². The van der Waals surface area contributed by atoms with Crippen LogP contribution in [0.2, 0.25) is 5.02 Å². The fourth-order valence-electron chi connectivity index (χ4n) is 4.99. The topological polar surface area (TPSA) is 32.8 Å². The monoisotopic (exact) mass is 440 g/mol. The maximum absolute atomic E-state index is 13.4. The number of hydrogen-bond donors (Lipinski definition) is 0. The molecule has 4 nitrogen and oxygen atoms in total. The minimum absolute atomic E-state index is 0.0370. The molecule has 0 saturated carbocycles. The van der Waals surface area contributed by atoms with Gasteiger partial charge in [0, 0.05) is 29.2 Å². The molecule has 2 aromatic carbocycles. The highest BCUT2D eigenvalue weighted by Crippen LogP contribution is 2.40. The average molecular weight is 441 g/mol. The zero-order valence-electron chi connectivity index (χ0n) is 18.6. The Balaban J connectivity index is 1.39. The third-order valence-electron chi connectivity index (χ3n) is 6.75. The molecule has 1 fully saturated rings. The van der Waals surface area contributed by atoms with Crippen molar-refractivity contribution in [2.75, 3.05) is 18.0 Å². The molecule has 1 saturated heterocycles. The number of halogens is 1. The van der Waals surface area contributed by atoms with Crippen LogP contribution in [0.25, 0.3) is 0 Å². The van der Waals surface area contributed by atoms with Crippen molar-refractivity contribution in [2.24, 2.45) is 0 Å². The van der Waals surface area contributed by atoms with Gasteiger partial charge in [0.25, 0.3) is 5.91 Å². The molecule has 3 atom stereocenters. The predicted octanol–water partition coefficient (Wildman–Crippen LogP) is 6.24. The van der Waals surface area contributed by atoms with Crippen LogP contribution in [0, 0.1) is 0 Å². The van der Waals surface area contributed by atoms with Gasteiger partial charge in [0.05, 0.1) is 5.69 Å². The van der Waals surface area contributed by atoms with E-state index in [2.05, 4.69) is 18.7 Å². The molecule has 0 aliphatic carbocycles. The van der Waals surface area contributed by atoms with Gasteiger partial charge in [0.15, 0.2) is 0 Å². The molecule has 2 aliphatic heterocycles. The molecule has 0 N–H and O–H groups in total. The Bertz CT molecular complexity index is 892. The van der Waals surface area contributed by atoms with Crippen molar-refractivity contribution in [1.29, 1.82) is 0 Å². The van der Waals surface area contributed by atoms with E-state index in [0.717, 1.165) is 36.4 Å². The average Bonchev–Trinajstić information content (AvgIpc) is 2.77. The van der Waals surface area contributed by atoms with E-state index in [-0.39, 0.29) is 5.91 Å². The molecule has 4 rings (SSSR count). The summed E-state index contributed by atoms with van der Waals surface area (Å²) in [5.74, 6) is 0.702. The summed E-state index contributed by atoms with van der Waals surface area (Å²) in [6.45, 7) is 6.56. The largest absolute Gasteiger partial charge is 0.474 e. The molecule has 2 aromatic rings. The quantitative estimate of drug-likeness (QED) is 0.477. The van der Waals surface area contributed by atoms with Crippen molar-refractivity contribution in [3.63, 3.8) is 0 Å². The van der Waals surface area contributed by atoms with E-state index in [1.54, 1.807) is 6.07 Å². The molecular weight excluding hydrogens is 408 g/mol. The first-order valence-corrected chi connectivity index (χ1v) is 12.0. The molecule has 0 bridgehead atoms. The first-order chi connectivity index (χ1) is 15.1. The molecule has 166 valence electrons. The maximum atomic E-state index is 13.4. The lowest BCUT2D eigenvalue weighted by molar-refractivity contribution is -0.126. The number of benzene rings is 2. The summed E-state index contributed by atoms with van der Waals surface area (Å²) >= 11 is 6.39. The van der Waals surface area contributed by atoms with Gasteiger partial charge in [-0.2, -0.15) is 0 Å². The van der Waals surface area contributed by atoms with Gasteiger partial charge in [-0.3, -0.25) is 9.69 Å². The number of carbonyl (C=O) groups excluding carboxylic acids is 1. The van der Waals surface area contributed by atoms with E-state index in [9.17, 15) is 4.79 Å². The summed E-state index contributed by atoms with van der Waals surface area (Å²) in [4.78, 5) is 17.9. The van der Waals surface area contributed by atoms with Crippen molar-refractivity contribution in [2.45, 2.75) is 70.6 Å². The molecule has 5 heteroatoms. The van der Waals surface area contributed by atoms with Crippen LogP contribution >= 0.6 is 11.6 Å². The van der Waals surface area contributed by atoms with Crippen molar-refractivity contribution in [3.05, 3.63) is 59.1 Å². The van der Waals surface area contributed by atoms with Crippen LogP contribution in [0.4, 0.5) is 5.69 Å². The molecule has 31 heavy (non-hydrogen) atoms. The number of amides is 1. The molecule has 0 aromatic heterocycles. The van der Waals surface area contributed by atoms with Gasteiger partial charge in [-0.05, 0) is 64.3 Å². The molecule has 2 heterocycles. The number of piperidine rings is 1. The number of para-hydroxylation sites is 2. The van der Waals surface area contributed by atoms with Crippen LogP contribution in [0.15, 0.2) is 48.5 Å². The molecule has 1 amide bonds. The second-order valence-electron chi connectivity index (χ2n) is 8.90. The van der Waals surface area contributed by atoms with E-state index in [4.69, 9.17) is 16.3 Å². The maximum Gasteiger partial charge on any atom is 0.272 e. The molecule has 0 spiro atoms. The predicted molar refractivity (Wildman–Crippen MR) is 127 cm³/mol. The van der Waals surface area contributed by atoms with Crippen molar-refractivity contribution < 1.29 is 9.53 Å². The first kappa shape index (κ1) is 22.2. The van der Waals surface area contributed by atoms with Crippen LogP contribution in [-0.2, 0) is 4.79 Å². The highest BCUT2D eigenvalue weighted by molar-refractivity contribution is 6.31. The minimum Gasteiger partial charge on any atom is -0.474 e. The Hall–Kier alpha value is -2.04. The van der Waals surface area contributed by atoms with Crippen molar-refractivity contribution in [3.8, 4) is 5.75 Å². The first-order valence-electron chi connectivity index (χ1n) is 11.6. The lowest BCUT2D eigenvalue weighted by atomic mass is 9.97. The standard InChI is InChI=1S/C26H33ClN2O2/c1-19-11-10-12-20(2)28(19)17-8-3-9-18-29-23-15-6-7-16-24(23)31-25(26(29)30)21-13-4-5-14-22(21)27/h4-7,13-16,19-20,25H,3,8-12,17-18H2,1-2H3/t19-,20+,25?. The number of likely N-dealkylation sites (tertiary alicyclic amines) is 1. The fourth-order valence-corrected chi connectivity index (χ4v) is 5.22. The Morgan fingerprint density at radius 1 is 0.935 bits per heavy atom. The number of nitrogens with zero attached hydrogens (tertiary/aromatic N) is 2. The zero-order valence-corrected chi connectivity index (χ0v) is 19.4. The van der Waals surface area contributed by atoms with Crippen LogP contribution in [0.3, 0.4) is 0 Å². The number of anilines is 1. The smallest absolute Gasteiger partial charge is 0.272 e. The number of hydrogen-bond acceptors (Lipinski definition) is 3. The van der Waals surface area contributed by atoms with Crippen LogP contribution in [0.5, 0.6) is 5.75 Å². The Morgan fingerprint density at radius 3 is 2.39 bits per heavy atom. The fraction of sp³-hybridized carbons (Fsp3) is 0.500. The van der Waals surface area contributed by atoms with Gasteiger partial charge < -0.3 is 9.64 Å². The number of rotatable bonds is 7. The summed E-state index contributed by atoms with van der Waals surface area (Å²) in [6.07, 6.45) is 6.54. The number of ether oxygens (including phenoxy) is 1. The third-order valence-corrected chi connectivity index (χ3v) is 7.10. The van der Waals surface area contributed by atoms with E-state index in [1.807, 2.05) is 47.4 Å². The van der Waals surface area contributed by atoms with E-state index < -0.39 is 6.10 Å². The van der Waals surface area contributed by atoms with Gasteiger partial charge in [-0.1, -0.05) is 54.8 Å². The summed E-state index contributed by atoms with van der Waals surface area (Å²) in [5, 5.41) is 0.560. The van der Waals surface area contributed by atoms with Gasteiger partial charge >= 0.3 is 0 Å². The number of carbonyl (C=O) groups is 1. The van der Waals surface area contributed by atoms with E-state index in [1.165, 1.54) is 25.7 Å². The Morgan fingerprint density at radius 2 is 1.61 bits per heavy atom. The van der Waals surface area contributed by atoms with Gasteiger partial charge in [0.2, 0.25) is 6.10 Å². The molecular formula is C26H33ClN2O2. The van der Waals surface area contributed by atoms with Gasteiger partial charge in [0.1, 0.15) is 5.75 Å². The van der Waals surface area contributed by atoms with Crippen LogP contribution < -0.4 is 9.64 Å². The molecule has 0 radical (unpaired) electrons. The van der Waals surface area contributed by atoms with E-state index >= 15 is 0 Å². The Kier molecular flexibility index (Phi) is 7.19. The highest BCUT2D eigenvalue weighted by atomic mass is 35.5. The van der Waals surface area contributed by atoms with E-state index in [0.29, 0.717) is 23.7 Å². The summed E-state index contributed by atoms with van der Waals surface area (Å²) in [5.41, 5.74) is 1.58. The summed E-state index contributed by atoms with van der Waals surface area (Å²) in [6, 6.07) is 16.6.